The molecule has 2 rings (SSSR count). The molecule has 72 valence electrons. The van der Waals surface area contributed by atoms with E-state index in [1.807, 2.05) is 19.1 Å². The van der Waals surface area contributed by atoms with Crippen LogP contribution in [0.3, 0.4) is 0 Å². The summed E-state index contributed by atoms with van der Waals surface area (Å²) in [5.74, 6) is -0.329. The number of benzene rings is 1. The van der Waals surface area contributed by atoms with Crippen LogP contribution in [0.2, 0.25) is 0 Å². The quantitative estimate of drug-likeness (QED) is 0.574. The van der Waals surface area contributed by atoms with Crippen LogP contribution < -0.4 is 0 Å². The third-order valence-electron chi connectivity index (χ3n) is 2.51. The molecular formula is C11H11NO2. The third-order valence-corrected chi connectivity index (χ3v) is 2.51. The Labute approximate surface area is 82.3 Å². The van der Waals surface area contributed by atoms with E-state index in [-0.39, 0.29) is 11.8 Å². The van der Waals surface area contributed by atoms with Crippen molar-refractivity contribution in [1.82, 2.24) is 4.90 Å². The molecule has 0 N–H and O–H groups in total. The molecule has 0 atom stereocenters. The average molecular weight is 189 g/mol. The topological polar surface area (TPSA) is 37.4 Å². The predicted octanol–water partition coefficient (Wildman–Crippen LogP) is 1.15. The van der Waals surface area contributed by atoms with Gasteiger partial charge in [0.15, 0.2) is 0 Å². The minimum atomic E-state index is -0.198. The van der Waals surface area contributed by atoms with E-state index >= 15 is 0 Å². The van der Waals surface area contributed by atoms with Crippen LogP contribution in [0, 0.1) is 6.92 Å². The van der Waals surface area contributed by atoms with E-state index in [9.17, 15) is 9.59 Å². The van der Waals surface area contributed by atoms with Gasteiger partial charge in [-0.05, 0) is 18.6 Å². The van der Waals surface area contributed by atoms with Crippen LogP contribution in [0.5, 0.6) is 0 Å². The number of hydrogen-bond donors (Lipinski definition) is 0. The van der Waals surface area contributed by atoms with Crippen LogP contribution in [-0.4, -0.2) is 23.8 Å². The fourth-order valence-electron chi connectivity index (χ4n) is 1.65. The molecule has 1 heterocycles. The van der Waals surface area contributed by atoms with Crippen molar-refractivity contribution in [3.8, 4) is 0 Å². The summed E-state index contributed by atoms with van der Waals surface area (Å²) in [6, 6.07) is 5.58. The lowest BCUT2D eigenvalue weighted by atomic mass is 9.97. The van der Waals surface area contributed by atoms with Gasteiger partial charge in [-0.15, -0.1) is 0 Å². The van der Waals surface area contributed by atoms with Crippen molar-refractivity contribution in [3.05, 3.63) is 34.9 Å². The van der Waals surface area contributed by atoms with Crippen molar-refractivity contribution in [3.63, 3.8) is 0 Å². The second-order valence-electron chi connectivity index (χ2n) is 3.60. The maximum absolute atomic E-state index is 11.6. The van der Waals surface area contributed by atoms with Crippen LogP contribution >= 0.6 is 0 Å². The number of carbonyl (C=O) groups is 2. The molecule has 0 unspecified atom stereocenters. The van der Waals surface area contributed by atoms with E-state index in [2.05, 4.69) is 0 Å². The zero-order valence-corrected chi connectivity index (χ0v) is 8.20. The first-order chi connectivity index (χ1) is 6.59. The van der Waals surface area contributed by atoms with E-state index in [0.29, 0.717) is 12.0 Å². The molecule has 1 aromatic rings. The van der Waals surface area contributed by atoms with Gasteiger partial charge in [0.2, 0.25) is 5.91 Å². The van der Waals surface area contributed by atoms with Gasteiger partial charge in [0.25, 0.3) is 5.91 Å². The average Bonchev–Trinajstić information content (AvgIpc) is 2.14. The SMILES string of the molecule is Cc1ccc2c(c1)CC(=O)N(C)C2=O. The third kappa shape index (κ3) is 1.21. The Kier molecular flexibility index (Phi) is 1.88. The highest BCUT2D eigenvalue weighted by molar-refractivity contribution is 6.09. The first kappa shape index (κ1) is 8.94. The van der Waals surface area contributed by atoms with Gasteiger partial charge >= 0.3 is 0 Å². The molecule has 0 saturated heterocycles. The molecule has 0 spiro atoms. The van der Waals surface area contributed by atoms with E-state index in [4.69, 9.17) is 0 Å². The minimum Gasteiger partial charge on any atom is -0.281 e. The molecule has 1 aliphatic heterocycles. The largest absolute Gasteiger partial charge is 0.281 e. The number of hydrogen-bond acceptors (Lipinski definition) is 2. The summed E-state index contributed by atoms with van der Waals surface area (Å²) >= 11 is 0. The van der Waals surface area contributed by atoms with E-state index in [1.165, 1.54) is 11.9 Å². The monoisotopic (exact) mass is 189 g/mol. The molecule has 0 bridgehead atoms. The van der Waals surface area contributed by atoms with Gasteiger partial charge in [-0.3, -0.25) is 14.5 Å². The maximum Gasteiger partial charge on any atom is 0.260 e. The molecule has 0 radical (unpaired) electrons. The lowest BCUT2D eigenvalue weighted by Crippen LogP contribution is -2.39. The molecule has 0 fully saturated rings. The fraction of sp³-hybridized carbons (Fsp3) is 0.273. The maximum atomic E-state index is 11.6. The molecule has 3 nitrogen and oxygen atoms in total. The Morgan fingerprint density at radius 2 is 2.00 bits per heavy atom. The van der Waals surface area contributed by atoms with Crippen LogP contribution in [0.15, 0.2) is 18.2 Å². The standard InChI is InChI=1S/C11H11NO2/c1-7-3-4-9-8(5-7)6-10(13)12(2)11(9)14/h3-5H,6H2,1-2H3. The number of rotatable bonds is 0. The smallest absolute Gasteiger partial charge is 0.260 e. The van der Waals surface area contributed by atoms with E-state index in [0.717, 1.165) is 11.1 Å². The van der Waals surface area contributed by atoms with Gasteiger partial charge in [0.1, 0.15) is 0 Å². The van der Waals surface area contributed by atoms with Gasteiger partial charge in [-0.1, -0.05) is 17.7 Å². The molecule has 0 aliphatic carbocycles. The Hall–Kier alpha value is -1.64. The molecule has 1 aliphatic rings. The molecule has 0 aromatic heterocycles. The number of carbonyl (C=O) groups excluding carboxylic acids is 2. The summed E-state index contributed by atoms with van der Waals surface area (Å²) in [4.78, 5) is 24.2. The van der Waals surface area contributed by atoms with E-state index in [1.54, 1.807) is 6.07 Å². The summed E-state index contributed by atoms with van der Waals surface area (Å²) in [5, 5.41) is 0. The number of aryl methyl sites for hydroxylation is 1. The summed E-state index contributed by atoms with van der Waals surface area (Å²) in [6.07, 6.45) is 0.333. The van der Waals surface area contributed by atoms with Crippen molar-refractivity contribution >= 4 is 11.8 Å². The lowest BCUT2D eigenvalue weighted by Gasteiger charge is -2.23. The van der Waals surface area contributed by atoms with E-state index < -0.39 is 0 Å². The lowest BCUT2D eigenvalue weighted by molar-refractivity contribution is -0.127. The zero-order chi connectivity index (χ0) is 10.3. The Morgan fingerprint density at radius 1 is 1.29 bits per heavy atom. The fourth-order valence-corrected chi connectivity index (χ4v) is 1.65. The Morgan fingerprint density at radius 3 is 2.71 bits per heavy atom. The summed E-state index contributed by atoms with van der Waals surface area (Å²) in [6.45, 7) is 1.95. The highest BCUT2D eigenvalue weighted by atomic mass is 16.2. The van der Waals surface area contributed by atoms with Gasteiger partial charge in [-0.2, -0.15) is 0 Å². The van der Waals surface area contributed by atoms with Crippen LogP contribution in [0.25, 0.3) is 0 Å². The Bertz CT molecular complexity index is 423. The molecule has 0 saturated carbocycles. The predicted molar refractivity (Wildman–Crippen MR) is 52.0 cm³/mol. The van der Waals surface area contributed by atoms with Crippen molar-refractivity contribution in [2.45, 2.75) is 13.3 Å². The highest BCUT2D eigenvalue weighted by Crippen LogP contribution is 2.19. The van der Waals surface area contributed by atoms with Crippen molar-refractivity contribution in [2.75, 3.05) is 7.05 Å². The number of nitrogens with zero attached hydrogens (tertiary/aromatic N) is 1. The second-order valence-corrected chi connectivity index (χ2v) is 3.60. The van der Waals surface area contributed by atoms with Gasteiger partial charge in [-0.25, -0.2) is 0 Å². The number of amides is 2. The Balaban J connectivity index is 2.56. The van der Waals surface area contributed by atoms with Gasteiger partial charge in [0, 0.05) is 12.6 Å². The molecule has 3 heteroatoms. The molecular weight excluding hydrogens is 178 g/mol. The van der Waals surface area contributed by atoms with Crippen LogP contribution in [-0.2, 0) is 11.2 Å². The summed E-state index contributed by atoms with van der Waals surface area (Å²) in [7, 11) is 1.52. The van der Waals surface area contributed by atoms with Crippen LogP contribution in [0.4, 0.5) is 0 Å². The first-order valence-corrected chi connectivity index (χ1v) is 4.50. The molecule has 2 amide bonds. The summed E-state index contributed by atoms with van der Waals surface area (Å²) < 4.78 is 0. The van der Waals surface area contributed by atoms with Crippen LogP contribution in [0.1, 0.15) is 21.5 Å². The second kappa shape index (κ2) is 2.94. The number of imide groups is 1. The molecule has 14 heavy (non-hydrogen) atoms. The highest BCUT2D eigenvalue weighted by Gasteiger charge is 2.27. The van der Waals surface area contributed by atoms with Gasteiger partial charge < -0.3 is 0 Å². The van der Waals surface area contributed by atoms with Gasteiger partial charge in [0.05, 0.1) is 6.42 Å². The first-order valence-electron chi connectivity index (χ1n) is 4.50. The number of likely N-dealkylation sites (N-methyl/N-ethyl adjacent to an activating group) is 1. The van der Waals surface area contributed by atoms with Crippen molar-refractivity contribution in [1.29, 1.82) is 0 Å². The summed E-state index contributed by atoms with van der Waals surface area (Å²) in [5.41, 5.74) is 2.57. The zero-order valence-electron chi connectivity index (χ0n) is 8.20. The molecule has 1 aromatic carbocycles. The van der Waals surface area contributed by atoms with Crippen molar-refractivity contribution < 1.29 is 9.59 Å². The minimum absolute atomic E-state index is 0.131. The number of fused-ring (bicyclic) bond motifs is 1. The van der Waals surface area contributed by atoms with Crippen molar-refractivity contribution in [2.24, 2.45) is 0 Å². The normalized spacial score (nSPS) is 15.7.